The van der Waals surface area contributed by atoms with Crippen molar-refractivity contribution in [1.29, 1.82) is 0 Å². The molecule has 92 valence electrons. The Balaban J connectivity index is 2.69. The first-order valence-electron chi connectivity index (χ1n) is 5.56. The van der Waals surface area contributed by atoms with E-state index in [1.807, 2.05) is 13.8 Å². The molecule has 0 aliphatic carbocycles. The fraction of sp³-hybridized carbons (Fsp3) is 0.818. The highest BCUT2D eigenvalue weighted by Crippen LogP contribution is 2.28. The minimum absolute atomic E-state index is 0.0365. The minimum Gasteiger partial charge on any atom is -0.480 e. The van der Waals surface area contributed by atoms with Crippen LogP contribution in [0.2, 0.25) is 0 Å². The van der Waals surface area contributed by atoms with E-state index in [2.05, 4.69) is 0 Å². The molecule has 2 atom stereocenters. The van der Waals surface area contributed by atoms with Crippen LogP contribution in [0.15, 0.2) is 0 Å². The largest absolute Gasteiger partial charge is 0.480 e. The van der Waals surface area contributed by atoms with E-state index in [-0.39, 0.29) is 17.1 Å². The van der Waals surface area contributed by atoms with Crippen molar-refractivity contribution in [3.8, 4) is 0 Å². The summed E-state index contributed by atoms with van der Waals surface area (Å²) in [6, 6.07) is -0.714. The van der Waals surface area contributed by atoms with Crippen molar-refractivity contribution in [1.82, 2.24) is 4.90 Å². The fourth-order valence-electron chi connectivity index (χ4n) is 2.03. The van der Waals surface area contributed by atoms with E-state index >= 15 is 0 Å². The van der Waals surface area contributed by atoms with Gasteiger partial charge in [-0.1, -0.05) is 13.8 Å². The number of carbonyl (C=O) groups is 2. The Bertz CT molecular complexity index is 274. The summed E-state index contributed by atoms with van der Waals surface area (Å²) in [6.07, 6.45) is 1.92. The van der Waals surface area contributed by atoms with Crippen LogP contribution in [0.25, 0.3) is 0 Å². The van der Waals surface area contributed by atoms with Gasteiger partial charge in [0.1, 0.15) is 6.04 Å². The SMILES string of the molecule is CC(C)C(C(=O)O)N(C)C(=O)C1CCCS1. The Labute approximate surface area is 100 Å². The van der Waals surface area contributed by atoms with Crippen LogP contribution in [-0.2, 0) is 9.59 Å². The number of aliphatic carboxylic acids is 1. The van der Waals surface area contributed by atoms with Gasteiger partial charge in [-0.2, -0.15) is 0 Å². The average molecular weight is 245 g/mol. The van der Waals surface area contributed by atoms with E-state index in [9.17, 15) is 9.59 Å². The Morgan fingerprint density at radius 1 is 1.44 bits per heavy atom. The summed E-state index contributed by atoms with van der Waals surface area (Å²) < 4.78 is 0. The molecule has 0 saturated carbocycles. The number of hydrogen-bond donors (Lipinski definition) is 1. The number of thioether (sulfide) groups is 1. The van der Waals surface area contributed by atoms with Gasteiger partial charge >= 0.3 is 5.97 Å². The van der Waals surface area contributed by atoms with E-state index in [1.165, 1.54) is 4.90 Å². The zero-order valence-corrected chi connectivity index (χ0v) is 10.8. The van der Waals surface area contributed by atoms with Crippen molar-refractivity contribution in [3.05, 3.63) is 0 Å². The van der Waals surface area contributed by atoms with Gasteiger partial charge in [0.15, 0.2) is 0 Å². The number of nitrogens with zero attached hydrogens (tertiary/aromatic N) is 1. The Kier molecular flexibility index (Phi) is 4.65. The number of carbonyl (C=O) groups excluding carboxylic acids is 1. The second-order valence-corrected chi connectivity index (χ2v) is 5.79. The smallest absolute Gasteiger partial charge is 0.326 e. The highest BCUT2D eigenvalue weighted by Gasteiger charge is 2.34. The molecule has 0 aromatic heterocycles. The van der Waals surface area contributed by atoms with Crippen LogP contribution in [0.3, 0.4) is 0 Å². The van der Waals surface area contributed by atoms with Crippen LogP contribution in [0, 0.1) is 5.92 Å². The van der Waals surface area contributed by atoms with Crippen LogP contribution >= 0.6 is 11.8 Å². The number of rotatable bonds is 4. The summed E-state index contributed by atoms with van der Waals surface area (Å²) in [5.41, 5.74) is 0. The first-order chi connectivity index (χ1) is 7.45. The Hall–Kier alpha value is -0.710. The molecule has 1 fully saturated rings. The minimum atomic E-state index is -0.922. The van der Waals surface area contributed by atoms with E-state index in [1.54, 1.807) is 18.8 Å². The van der Waals surface area contributed by atoms with Gasteiger partial charge in [0.25, 0.3) is 0 Å². The second-order valence-electron chi connectivity index (χ2n) is 4.48. The van der Waals surface area contributed by atoms with Crippen molar-refractivity contribution in [3.63, 3.8) is 0 Å². The van der Waals surface area contributed by atoms with Gasteiger partial charge in [-0.25, -0.2) is 4.79 Å². The summed E-state index contributed by atoms with van der Waals surface area (Å²) in [6.45, 7) is 3.65. The molecule has 1 aliphatic heterocycles. The molecule has 0 spiro atoms. The maximum Gasteiger partial charge on any atom is 0.326 e. The molecule has 1 N–H and O–H groups in total. The van der Waals surface area contributed by atoms with E-state index in [0.717, 1.165) is 18.6 Å². The highest BCUT2D eigenvalue weighted by molar-refractivity contribution is 8.00. The number of carboxylic acids is 1. The molecule has 1 amide bonds. The molecule has 1 aliphatic rings. The lowest BCUT2D eigenvalue weighted by molar-refractivity contribution is -0.150. The van der Waals surface area contributed by atoms with Gasteiger partial charge in [0.2, 0.25) is 5.91 Å². The first kappa shape index (κ1) is 13.4. The Morgan fingerprint density at radius 2 is 2.06 bits per heavy atom. The molecular weight excluding hydrogens is 226 g/mol. The van der Waals surface area contributed by atoms with Gasteiger partial charge in [-0.3, -0.25) is 4.79 Å². The molecule has 1 saturated heterocycles. The lowest BCUT2D eigenvalue weighted by Gasteiger charge is -2.29. The zero-order valence-electron chi connectivity index (χ0n) is 9.97. The Morgan fingerprint density at radius 3 is 2.44 bits per heavy atom. The summed E-state index contributed by atoms with van der Waals surface area (Å²) in [5, 5.41) is 9.07. The predicted molar refractivity (Wildman–Crippen MR) is 64.5 cm³/mol. The summed E-state index contributed by atoms with van der Waals surface area (Å²) in [7, 11) is 1.60. The number of amides is 1. The van der Waals surface area contributed by atoms with Crippen molar-refractivity contribution in [2.45, 2.75) is 38.0 Å². The maximum absolute atomic E-state index is 12.0. The topological polar surface area (TPSA) is 57.6 Å². The fourth-order valence-corrected chi connectivity index (χ4v) is 3.29. The molecule has 0 bridgehead atoms. The van der Waals surface area contributed by atoms with Crippen molar-refractivity contribution < 1.29 is 14.7 Å². The summed E-state index contributed by atoms with van der Waals surface area (Å²) >= 11 is 1.64. The second kappa shape index (κ2) is 5.57. The van der Waals surface area contributed by atoms with Gasteiger partial charge in [-0.15, -0.1) is 11.8 Å². The summed E-state index contributed by atoms with van der Waals surface area (Å²) in [4.78, 5) is 24.5. The molecule has 1 rings (SSSR count). The molecule has 0 aromatic carbocycles. The molecule has 1 heterocycles. The maximum atomic E-state index is 12.0. The molecule has 16 heavy (non-hydrogen) atoms. The van der Waals surface area contributed by atoms with Crippen molar-refractivity contribution in [2.75, 3.05) is 12.8 Å². The predicted octanol–water partition coefficient (Wildman–Crippen LogP) is 1.45. The average Bonchev–Trinajstić information content (AvgIpc) is 2.67. The quantitative estimate of drug-likeness (QED) is 0.814. The van der Waals surface area contributed by atoms with Gasteiger partial charge in [0, 0.05) is 7.05 Å². The van der Waals surface area contributed by atoms with Crippen LogP contribution in [0.1, 0.15) is 26.7 Å². The zero-order chi connectivity index (χ0) is 12.3. The van der Waals surface area contributed by atoms with Crippen LogP contribution in [0.4, 0.5) is 0 Å². The molecule has 5 heteroatoms. The van der Waals surface area contributed by atoms with Crippen LogP contribution in [0.5, 0.6) is 0 Å². The van der Waals surface area contributed by atoms with Crippen LogP contribution < -0.4 is 0 Å². The van der Waals surface area contributed by atoms with Crippen LogP contribution in [-0.4, -0.2) is 46.0 Å². The van der Waals surface area contributed by atoms with Crippen molar-refractivity contribution >= 4 is 23.6 Å². The number of carboxylic acid groups (broad SMARTS) is 1. The third kappa shape index (κ3) is 2.90. The standard InChI is InChI=1S/C11H19NO3S/c1-7(2)9(11(14)15)12(3)10(13)8-5-4-6-16-8/h7-9H,4-6H2,1-3H3,(H,14,15). The van der Waals surface area contributed by atoms with E-state index in [4.69, 9.17) is 5.11 Å². The van der Waals surface area contributed by atoms with Gasteiger partial charge in [0.05, 0.1) is 5.25 Å². The molecule has 0 radical (unpaired) electrons. The van der Waals surface area contributed by atoms with Gasteiger partial charge in [-0.05, 0) is 24.5 Å². The first-order valence-corrected chi connectivity index (χ1v) is 6.61. The molecule has 4 nitrogen and oxygen atoms in total. The highest BCUT2D eigenvalue weighted by atomic mass is 32.2. The molecule has 2 unspecified atom stereocenters. The number of hydrogen-bond acceptors (Lipinski definition) is 3. The summed E-state index contributed by atoms with van der Waals surface area (Å²) in [5.74, 6) is -0.0285. The van der Waals surface area contributed by atoms with Gasteiger partial charge < -0.3 is 10.0 Å². The lowest BCUT2D eigenvalue weighted by Crippen LogP contribution is -2.48. The van der Waals surface area contributed by atoms with Crippen molar-refractivity contribution in [2.24, 2.45) is 5.92 Å². The lowest BCUT2D eigenvalue weighted by atomic mass is 10.0. The molecular formula is C11H19NO3S. The van der Waals surface area contributed by atoms with E-state index < -0.39 is 12.0 Å². The number of likely N-dealkylation sites (N-methyl/N-ethyl adjacent to an activating group) is 1. The third-order valence-electron chi connectivity index (χ3n) is 2.85. The molecule has 0 aromatic rings. The monoisotopic (exact) mass is 245 g/mol. The normalized spacial score (nSPS) is 22.1. The van der Waals surface area contributed by atoms with E-state index in [0.29, 0.717) is 0 Å². The third-order valence-corrected chi connectivity index (χ3v) is 4.22.